The van der Waals surface area contributed by atoms with Crippen LogP contribution in [-0.4, -0.2) is 40.8 Å². The standard InChI is InChI=1S/C12H14FNO5/c1-7(11(16)14-9(6-15)12(17)18)19-10-5-3-2-4-8(10)13/h2-5,7,9,15H,6H2,1H3,(H,14,16)(H,17,18). The van der Waals surface area contributed by atoms with Gasteiger partial charge in [0.15, 0.2) is 17.7 Å². The molecular weight excluding hydrogens is 257 g/mol. The lowest BCUT2D eigenvalue weighted by Gasteiger charge is -2.17. The lowest BCUT2D eigenvalue weighted by molar-refractivity contribution is -0.144. The third kappa shape index (κ3) is 4.22. The minimum absolute atomic E-state index is 0.110. The van der Waals surface area contributed by atoms with E-state index >= 15 is 0 Å². The molecule has 2 atom stereocenters. The molecule has 0 saturated heterocycles. The quantitative estimate of drug-likeness (QED) is 0.684. The fraction of sp³-hybridized carbons (Fsp3) is 0.333. The number of para-hydroxylation sites is 1. The molecule has 7 heteroatoms. The summed E-state index contributed by atoms with van der Waals surface area (Å²) in [6, 6.07) is 4.11. The summed E-state index contributed by atoms with van der Waals surface area (Å²) in [6.45, 7) is 0.603. The van der Waals surface area contributed by atoms with Crippen molar-refractivity contribution in [3.63, 3.8) is 0 Å². The molecule has 0 spiro atoms. The number of benzene rings is 1. The van der Waals surface area contributed by atoms with Crippen molar-refractivity contribution in [2.75, 3.05) is 6.61 Å². The second-order valence-electron chi connectivity index (χ2n) is 3.77. The van der Waals surface area contributed by atoms with Gasteiger partial charge in [0.05, 0.1) is 6.61 Å². The summed E-state index contributed by atoms with van der Waals surface area (Å²) in [5.41, 5.74) is 0. The lowest BCUT2D eigenvalue weighted by Crippen LogP contribution is -2.48. The Labute approximate surface area is 108 Å². The second kappa shape index (κ2) is 6.69. The summed E-state index contributed by atoms with van der Waals surface area (Å²) in [4.78, 5) is 22.2. The average molecular weight is 271 g/mol. The lowest BCUT2D eigenvalue weighted by atomic mass is 10.2. The Morgan fingerprint density at radius 2 is 2.05 bits per heavy atom. The Morgan fingerprint density at radius 3 is 2.58 bits per heavy atom. The fourth-order valence-corrected chi connectivity index (χ4v) is 1.26. The van der Waals surface area contributed by atoms with Gasteiger partial charge in [-0.3, -0.25) is 4.79 Å². The van der Waals surface area contributed by atoms with Crippen molar-refractivity contribution in [3.8, 4) is 5.75 Å². The number of hydrogen-bond donors (Lipinski definition) is 3. The van der Waals surface area contributed by atoms with Gasteiger partial charge in [-0.2, -0.15) is 0 Å². The first kappa shape index (κ1) is 14.9. The summed E-state index contributed by atoms with van der Waals surface area (Å²) < 4.78 is 18.3. The summed E-state index contributed by atoms with van der Waals surface area (Å²) in [7, 11) is 0. The van der Waals surface area contributed by atoms with Crippen LogP contribution < -0.4 is 10.1 Å². The zero-order valence-corrected chi connectivity index (χ0v) is 10.2. The molecule has 0 aliphatic rings. The van der Waals surface area contributed by atoms with E-state index in [4.69, 9.17) is 14.9 Å². The van der Waals surface area contributed by atoms with Gasteiger partial charge in [-0.1, -0.05) is 12.1 Å². The smallest absolute Gasteiger partial charge is 0.328 e. The van der Waals surface area contributed by atoms with Gasteiger partial charge in [0, 0.05) is 0 Å². The fourth-order valence-electron chi connectivity index (χ4n) is 1.26. The van der Waals surface area contributed by atoms with Crippen LogP contribution in [0.4, 0.5) is 4.39 Å². The third-order valence-electron chi connectivity index (χ3n) is 2.31. The molecular formula is C12H14FNO5. The van der Waals surface area contributed by atoms with Crippen LogP contribution in [0.1, 0.15) is 6.92 Å². The van der Waals surface area contributed by atoms with Gasteiger partial charge in [0.1, 0.15) is 6.04 Å². The number of carboxylic acids is 1. The van der Waals surface area contributed by atoms with Crippen molar-refractivity contribution in [2.24, 2.45) is 0 Å². The summed E-state index contributed by atoms with van der Waals surface area (Å²) in [5.74, 6) is -2.86. The van der Waals surface area contributed by atoms with Crippen LogP contribution >= 0.6 is 0 Å². The number of aliphatic hydroxyl groups is 1. The minimum atomic E-state index is -1.42. The van der Waals surface area contributed by atoms with Crippen molar-refractivity contribution < 1.29 is 28.9 Å². The SMILES string of the molecule is CC(Oc1ccccc1F)C(=O)NC(CO)C(=O)O. The number of rotatable bonds is 6. The van der Waals surface area contributed by atoms with Crippen LogP contribution in [0, 0.1) is 5.82 Å². The van der Waals surface area contributed by atoms with Gasteiger partial charge >= 0.3 is 5.97 Å². The molecule has 1 amide bonds. The van der Waals surface area contributed by atoms with Crippen molar-refractivity contribution in [1.82, 2.24) is 5.32 Å². The first-order valence-electron chi connectivity index (χ1n) is 5.51. The van der Waals surface area contributed by atoms with Gasteiger partial charge in [0.25, 0.3) is 5.91 Å². The number of nitrogens with one attached hydrogen (secondary N) is 1. The number of halogens is 1. The predicted octanol–water partition coefficient (Wildman–Crippen LogP) is 0.155. The van der Waals surface area contributed by atoms with Gasteiger partial charge in [-0.05, 0) is 19.1 Å². The average Bonchev–Trinajstić information content (AvgIpc) is 2.37. The highest BCUT2D eigenvalue weighted by Crippen LogP contribution is 2.16. The normalized spacial score (nSPS) is 13.4. The van der Waals surface area contributed by atoms with Gasteiger partial charge in [-0.15, -0.1) is 0 Å². The molecule has 1 rings (SSSR count). The Bertz CT molecular complexity index is 465. The van der Waals surface area contributed by atoms with E-state index in [-0.39, 0.29) is 5.75 Å². The van der Waals surface area contributed by atoms with Gasteiger partial charge < -0.3 is 20.3 Å². The molecule has 2 unspecified atom stereocenters. The van der Waals surface area contributed by atoms with Gasteiger partial charge in [-0.25, -0.2) is 9.18 Å². The van der Waals surface area contributed by atoms with Crippen LogP contribution in [0.3, 0.4) is 0 Å². The zero-order chi connectivity index (χ0) is 14.4. The molecule has 0 heterocycles. The molecule has 0 aliphatic carbocycles. The van der Waals surface area contributed by atoms with Crippen LogP contribution in [0.5, 0.6) is 5.75 Å². The van der Waals surface area contributed by atoms with E-state index in [1.165, 1.54) is 31.2 Å². The molecule has 0 aliphatic heterocycles. The minimum Gasteiger partial charge on any atom is -0.480 e. The molecule has 1 aromatic carbocycles. The molecule has 0 fully saturated rings. The van der Waals surface area contributed by atoms with Crippen molar-refractivity contribution in [2.45, 2.75) is 19.1 Å². The topological polar surface area (TPSA) is 95.9 Å². The Morgan fingerprint density at radius 1 is 1.42 bits per heavy atom. The number of aliphatic carboxylic acids is 1. The number of amides is 1. The van der Waals surface area contributed by atoms with E-state index in [9.17, 15) is 14.0 Å². The molecule has 0 aromatic heterocycles. The maximum absolute atomic E-state index is 13.3. The van der Waals surface area contributed by atoms with E-state index in [0.717, 1.165) is 0 Å². The molecule has 19 heavy (non-hydrogen) atoms. The van der Waals surface area contributed by atoms with E-state index in [1.54, 1.807) is 0 Å². The predicted molar refractivity (Wildman–Crippen MR) is 63.1 cm³/mol. The Balaban J connectivity index is 2.63. The van der Waals surface area contributed by atoms with Crippen LogP contribution in [-0.2, 0) is 9.59 Å². The first-order valence-corrected chi connectivity index (χ1v) is 5.51. The van der Waals surface area contributed by atoms with E-state index in [0.29, 0.717) is 0 Å². The monoisotopic (exact) mass is 271 g/mol. The number of hydrogen-bond acceptors (Lipinski definition) is 4. The highest BCUT2D eigenvalue weighted by molar-refractivity contribution is 5.86. The van der Waals surface area contributed by atoms with E-state index in [2.05, 4.69) is 5.32 Å². The molecule has 0 bridgehead atoms. The third-order valence-corrected chi connectivity index (χ3v) is 2.31. The summed E-state index contributed by atoms with van der Waals surface area (Å²) in [6.07, 6.45) is -1.09. The number of aliphatic hydroxyl groups excluding tert-OH is 1. The molecule has 3 N–H and O–H groups in total. The van der Waals surface area contributed by atoms with Crippen molar-refractivity contribution >= 4 is 11.9 Å². The van der Waals surface area contributed by atoms with E-state index in [1.807, 2.05) is 0 Å². The molecule has 104 valence electrons. The second-order valence-corrected chi connectivity index (χ2v) is 3.77. The van der Waals surface area contributed by atoms with Crippen LogP contribution in [0.25, 0.3) is 0 Å². The highest BCUT2D eigenvalue weighted by Gasteiger charge is 2.23. The molecule has 0 saturated carbocycles. The number of ether oxygens (including phenoxy) is 1. The van der Waals surface area contributed by atoms with Crippen molar-refractivity contribution in [3.05, 3.63) is 30.1 Å². The van der Waals surface area contributed by atoms with E-state index < -0.39 is 36.4 Å². The number of carboxylic acid groups (broad SMARTS) is 1. The van der Waals surface area contributed by atoms with Crippen LogP contribution in [0.15, 0.2) is 24.3 Å². The summed E-state index contributed by atoms with van der Waals surface area (Å²) >= 11 is 0. The number of carbonyl (C=O) groups excluding carboxylic acids is 1. The Kier molecular flexibility index (Phi) is 5.25. The maximum atomic E-state index is 13.3. The molecule has 1 aromatic rings. The summed E-state index contributed by atoms with van der Waals surface area (Å²) in [5, 5.41) is 19.5. The largest absolute Gasteiger partial charge is 0.480 e. The number of carbonyl (C=O) groups is 2. The maximum Gasteiger partial charge on any atom is 0.328 e. The van der Waals surface area contributed by atoms with Crippen LogP contribution in [0.2, 0.25) is 0 Å². The van der Waals surface area contributed by atoms with Crippen molar-refractivity contribution in [1.29, 1.82) is 0 Å². The molecule has 0 radical (unpaired) electrons. The zero-order valence-electron chi connectivity index (χ0n) is 10.2. The molecule has 6 nitrogen and oxygen atoms in total. The first-order chi connectivity index (χ1) is 8.95. The highest BCUT2D eigenvalue weighted by atomic mass is 19.1. The van der Waals surface area contributed by atoms with Gasteiger partial charge in [0.2, 0.25) is 0 Å². The Hall–Kier alpha value is -2.15.